The van der Waals surface area contributed by atoms with Crippen molar-refractivity contribution in [3.8, 4) is 0 Å². The zero-order chi connectivity index (χ0) is 18.1. The highest BCUT2D eigenvalue weighted by molar-refractivity contribution is 7.10. The van der Waals surface area contributed by atoms with E-state index in [2.05, 4.69) is 13.8 Å². The molecule has 130 valence electrons. The molecule has 2 aromatic rings. The Kier molecular flexibility index (Phi) is 3.26. The quantitative estimate of drug-likeness (QED) is 0.733. The van der Waals surface area contributed by atoms with Crippen molar-refractivity contribution in [2.75, 3.05) is 0 Å². The number of ketones is 2. The van der Waals surface area contributed by atoms with Gasteiger partial charge in [-0.25, -0.2) is 0 Å². The predicted molar refractivity (Wildman–Crippen MR) is 103 cm³/mol. The molecule has 1 aromatic carbocycles. The molecule has 5 rings (SSSR count). The van der Waals surface area contributed by atoms with E-state index in [9.17, 15) is 9.59 Å². The average molecular weight is 361 g/mol. The van der Waals surface area contributed by atoms with Gasteiger partial charge in [0.1, 0.15) is 0 Å². The third-order valence-corrected chi connectivity index (χ3v) is 6.65. The Labute approximate surface area is 156 Å². The molecule has 4 heteroatoms. The number of Topliss-reactive ketones (excluding diaryl/α,β-unsaturated/α-hetero) is 2. The number of benzene rings is 1. The van der Waals surface area contributed by atoms with Crippen LogP contribution in [-0.4, -0.2) is 17.3 Å². The van der Waals surface area contributed by atoms with Crippen LogP contribution in [0.1, 0.15) is 53.4 Å². The number of allylic oxidation sites excluding steroid dienone is 2. The third-order valence-electron chi connectivity index (χ3n) is 5.69. The van der Waals surface area contributed by atoms with Crippen molar-refractivity contribution >= 4 is 28.6 Å². The van der Waals surface area contributed by atoms with Crippen LogP contribution in [0.15, 0.2) is 58.0 Å². The summed E-state index contributed by atoms with van der Waals surface area (Å²) in [5, 5.41) is 2.02. The van der Waals surface area contributed by atoms with Gasteiger partial charge in [-0.2, -0.15) is 0 Å². The molecule has 0 unspecified atom stereocenters. The lowest BCUT2D eigenvalue weighted by atomic mass is 9.68. The molecular weight excluding hydrogens is 342 g/mol. The lowest BCUT2D eigenvalue weighted by Crippen LogP contribution is -2.36. The van der Waals surface area contributed by atoms with Gasteiger partial charge in [0, 0.05) is 39.6 Å². The summed E-state index contributed by atoms with van der Waals surface area (Å²) in [5.41, 5.74) is 4.11. The molecule has 3 aliphatic rings. The van der Waals surface area contributed by atoms with E-state index in [4.69, 9.17) is 4.99 Å². The first-order valence-electron chi connectivity index (χ1n) is 8.98. The average Bonchev–Trinajstić information content (AvgIpc) is 3.21. The topological polar surface area (TPSA) is 46.5 Å². The van der Waals surface area contributed by atoms with Crippen LogP contribution in [0.4, 0.5) is 0 Å². The Morgan fingerprint density at radius 1 is 1.00 bits per heavy atom. The number of nitrogens with zero attached hydrogens (tertiary/aromatic N) is 1. The number of hydrogen-bond acceptors (Lipinski definition) is 4. The van der Waals surface area contributed by atoms with Gasteiger partial charge in [-0.3, -0.25) is 14.6 Å². The molecule has 0 saturated heterocycles. The molecule has 2 aliphatic carbocycles. The lowest BCUT2D eigenvalue weighted by Gasteiger charge is -2.37. The van der Waals surface area contributed by atoms with Crippen LogP contribution in [0.5, 0.6) is 0 Å². The zero-order valence-corrected chi connectivity index (χ0v) is 15.6. The third kappa shape index (κ3) is 2.15. The first kappa shape index (κ1) is 15.9. The Bertz CT molecular complexity index is 1010. The first-order chi connectivity index (χ1) is 12.5. The maximum atomic E-state index is 13.2. The van der Waals surface area contributed by atoms with E-state index in [-0.39, 0.29) is 28.8 Å². The van der Waals surface area contributed by atoms with Crippen LogP contribution in [0.25, 0.3) is 0 Å². The first-order valence-corrected chi connectivity index (χ1v) is 9.86. The van der Waals surface area contributed by atoms with Crippen LogP contribution in [0.2, 0.25) is 0 Å². The smallest absolute Gasteiger partial charge is 0.173 e. The van der Waals surface area contributed by atoms with Gasteiger partial charge in [-0.15, -0.1) is 11.3 Å². The monoisotopic (exact) mass is 361 g/mol. The second-order valence-corrected chi connectivity index (χ2v) is 9.16. The molecule has 3 nitrogen and oxygen atoms in total. The SMILES string of the molecule is CC1(C)CC(=O)C2=C(C1)N=C1c3ccccc3C(=O)[C@@H]1[C@H]2c1cccs1. The van der Waals surface area contributed by atoms with E-state index in [1.807, 2.05) is 41.8 Å². The van der Waals surface area contributed by atoms with Crippen molar-refractivity contribution < 1.29 is 9.59 Å². The lowest BCUT2D eigenvalue weighted by molar-refractivity contribution is -0.118. The van der Waals surface area contributed by atoms with Gasteiger partial charge in [-0.05, 0) is 23.3 Å². The van der Waals surface area contributed by atoms with E-state index in [0.29, 0.717) is 6.42 Å². The molecular formula is C22H19NO2S. The molecule has 0 bridgehead atoms. The minimum absolute atomic E-state index is 0.0883. The molecule has 0 spiro atoms. The minimum Gasteiger partial charge on any atom is -0.294 e. The molecule has 0 amide bonds. The van der Waals surface area contributed by atoms with Crippen LogP contribution < -0.4 is 0 Å². The summed E-state index contributed by atoms with van der Waals surface area (Å²) in [5.74, 6) is -0.306. The van der Waals surface area contributed by atoms with Crippen molar-refractivity contribution in [3.63, 3.8) is 0 Å². The number of carbonyl (C=O) groups is 2. The van der Waals surface area contributed by atoms with Gasteiger partial charge in [0.15, 0.2) is 11.6 Å². The maximum absolute atomic E-state index is 13.2. The number of aliphatic imine (C=N–C) groups is 1. The van der Waals surface area contributed by atoms with E-state index in [1.54, 1.807) is 11.3 Å². The maximum Gasteiger partial charge on any atom is 0.173 e. The zero-order valence-electron chi connectivity index (χ0n) is 14.8. The summed E-state index contributed by atoms with van der Waals surface area (Å²) >= 11 is 1.62. The second kappa shape index (κ2) is 5.34. The summed E-state index contributed by atoms with van der Waals surface area (Å²) in [6, 6.07) is 11.8. The molecule has 0 radical (unpaired) electrons. The van der Waals surface area contributed by atoms with Gasteiger partial charge in [-0.1, -0.05) is 44.2 Å². The Balaban J connectivity index is 1.77. The highest BCUT2D eigenvalue weighted by Crippen LogP contribution is 2.51. The number of rotatable bonds is 1. The second-order valence-electron chi connectivity index (χ2n) is 8.18. The van der Waals surface area contributed by atoms with Crippen LogP contribution >= 0.6 is 11.3 Å². The van der Waals surface area contributed by atoms with Crippen LogP contribution in [-0.2, 0) is 4.79 Å². The van der Waals surface area contributed by atoms with Crippen molar-refractivity contribution in [3.05, 3.63) is 69.1 Å². The molecule has 0 saturated carbocycles. The highest BCUT2D eigenvalue weighted by atomic mass is 32.1. The van der Waals surface area contributed by atoms with Crippen LogP contribution in [0, 0.1) is 11.3 Å². The fourth-order valence-corrected chi connectivity index (χ4v) is 5.53. The van der Waals surface area contributed by atoms with Crippen molar-refractivity contribution in [2.45, 2.75) is 32.6 Å². The summed E-state index contributed by atoms with van der Waals surface area (Å²) < 4.78 is 0. The Morgan fingerprint density at radius 3 is 2.50 bits per heavy atom. The number of hydrogen-bond donors (Lipinski definition) is 0. The molecule has 2 heterocycles. The predicted octanol–water partition coefficient (Wildman–Crippen LogP) is 4.79. The van der Waals surface area contributed by atoms with Gasteiger partial charge in [0.2, 0.25) is 0 Å². The van der Waals surface area contributed by atoms with E-state index < -0.39 is 0 Å². The highest BCUT2D eigenvalue weighted by Gasteiger charge is 2.50. The summed E-state index contributed by atoms with van der Waals surface area (Å²) in [4.78, 5) is 32.3. The molecule has 1 aliphatic heterocycles. The standard InChI is InChI=1S/C22H19NO2S/c1-22(2)10-14-17(15(24)11-22)18(16-8-5-9-26-16)19-20(23-14)12-6-3-4-7-13(12)21(19)25/h3-9,18-19H,10-11H2,1-2H3/t18-,19+/m0/s1. The Morgan fingerprint density at radius 2 is 1.77 bits per heavy atom. The molecule has 1 aromatic heterocycles. The van der Waals surface area contributed by atoms with E-state index >= 15 is 0 Å². The van der Waals surface area contributed by atoms with Crippen LogP contribution in [0.3, 0.4) is 0 Å². The number of thiophene rings is 1. The minimum atomic E-state index is -0.366. The fraction of sp³-hybridized carbons (Fsp3) is 0.318. The molecule has 0 fully saturated rings. The molecule has 0 N–H and O–H groups in total. The largest absolute Gasteiger partial charge is 0.294 e. The number of carbonyl (C=O) groups excluding carboxylic acids is 2. The van der Waals surface area contributed by atoms with Gasteiger partial charge < -0.3 is 0 Å². The van der Waals surface area contributed by atoms with Crippen molar-refractivity contribution in [2.24, 2.45) is 16.3 Å². The fourth-order valence-electron chi connectivity index (χ4n) is 4.66. The number of fused-ring (bicyclic) bond motifs is 3. The summed E-state index contributed by atoms with van der Waals surface area (Å²) in [7, 11) is 0. The summed E-state index contributed by atoms with van der Waals surface area (Å²) in [6.07, 6.45) is 1.30. The van der Waals surface area contributed by atoms with E-state index in [0.717, 1.165) is 39.4 Å². The van der Waals surface area contributed by atoms with E-state index in [1.165, 1.54) is 0 Å². The normalized spacial score (nSPS) is 26.3. The summed E-state index contributed by atoms with van der Waals surface area (Å²) in [6.45, 7) is 4.24. The van der Waals surface area contributed by atoms with Crippen molar-refractivity contribution in [1.29, 1.82) is 0 Å². The van der Waals surface area contributed by atoms with Crippen molar-refractivity contribution in [1.82, 2.24) is 0 Å². The molecule has 26 heavy (non-hydrogen) atoms. The van der Waals surface area contributed by atoms with Gasteiger partial charge >= 0.3 is 0 Å². The van der Waals surface area contributed by atoms with Gasteiger partial charge in [0.05, 0.1) is 11.6 Å². The molecule has 2 atom stereocenters. The van der Waals surface area contributed by atoms with Gasteiger partial charge in [0.25, 0.3) is 0 Å². The Hall–Kier alpha value is -2.33.